The van der Waals surface area contributed by atoms with Crippen molar-refractivity contribution in [1.82, 2.24) is 5.32 Å². The third-order valence-corrected chi connectivity index (χ3v) is 3.17. The van der Waals surface area contributed by atoms with Crippen molar-refractivity contribution in [1.29, 1.82) is 0 Å². The Morgan fingerprint density at radius 1 is 1.30 bits per heavy atom. The molecule has 1 aromatic carbocycles. The molecule has 0 bridgehead atoms. The van der Waals surface area contributed by atoms with Gasteiger partial charge in [0.1, 0.15) is 5.60 Å². The molecule has 2 atom stereocenters. The van der Waals surface area contributed by atoms with E-state index >= 15 is 0 Å². The fraction of sp³-hybridized carbons (Fsp3) is 0.562. The first-order valence-corrected chi connectivity index (χ1v) is 6.96. The highest BCUT2D eigenvalue weighted by atomic mass is 16.6. The summed E-state index contributed by atoms with van der Waals surface area (Å²) < 4.78 is 5.19. The highest BCUT2D eigenvalue weighted by molar-refractivity contribution is 5.67. The second-order valence-electron chi connectivity index (χ2n) is 6.02. The van der Waals surface area contributed by atoms with Crippen molar-refractivity contribution in [2.24, 2.45) is 5.92 Å². The van der Waals surface area contributed by atoms with Gasteiger partial charge in [-0.05, 0) is 32.3 Å². The fourth-order valence-electron chi connectivity index (χ4n) is 1.96. The van der Waals surface area contributed by atoms with E-state index in [9.17, 15) is 9.90 Å². The fourth-order valence-corrected chi connectivity index (χ4v) is 1.96. The Morgan fingerprint density at radius 2 is 1.90 bits per heavy atom. The lowest BCUT2D eigenvalue weighted by Gasteiger charge is -2.24. The zero-order valence-corrected chi connectivity index (χ0v) is 12.7. The van der Waals surface area contributed by atoms with Crippen LogP contribution in [-0.2, 0) is 4.74 Å². The van der Waals surface area contributed by atoms with E-state index in [1.807, 2.05) is 58.0 Å². The molecule has 0 aliphatic heterocycles. The van der Waals surface area contributed by atoms with Gasteiger partial charge in [0.15, 0.2) is 0 Å². The maximum absolute atomic E-state index is 11.6. The number of hydrogen-bond acceptors (Lipinski definition) is 3. The largest absolute Gasteiger partial charge is 0.444 e. The highest BCUT2D eigenvalue weighted by Crippen LogP contribution is 2.23. The molecule has 2 unspecified atom stereocenters. The zero-order chi connectivity index (χ0) is 15.2. The first-order valence-electron chi connectivity index (χ1n) is 6.96. The van der Waals surface area contributed by atoms with Crippen molar-refractivity contribution in [3.05, 3.63) is 35.9 Å². The van der Waals surface area contributed by atoms with Crippen LogP contribution in [0.1, 0.15) is 39.2 Å². The minimum atomic E-state index is -0.510. The lowest BCUT2D eigenvalue weighted by molar-refractivity contribution is 0.0509. The molecule has 0 heterocycles. The average Bonchev–Trinajstić information content (AvgIpc) is 2.38. The van der Waals surface area contributed by atoms with E-state index in [4.69, 9.17) is 4.74 Å². The topological polar surface area (TPSA) is 58.6 Å². The average molecular weight is 279 g/mol. The summed E-state index contributed by atoms with van der Waals surface area (Å²) in [5.41, 5.74) is 0.640. The third-order valence-electron chi connectivity index (χ3n) is 3.17. The van der Waals surface area contributed by atoms with E-state index in [1.54, 1.807) is 0 Å². The molecular weight excluding hydrogens is 254 g/mol. The number of aliphatic hydroxyl groups excluding tert-OH is 1. The molecule has 0 saturated carbocycles. The smallest absolute Gasteiger partial charge is 0.407 e. The summed E-state index contributed by atoms with van der Waals surface area (Å²) in [6.07, 6.45) is -0.448. The molecule has 2 N–H and O–H groups in total. The van der Waals surface area contributed by atoms with E-state index in [-0.39, 0.29) is 18.4 Å². The number of hydrogen-bond donors (Lipinski definition) is 2. The van der Waals surface area contributed by atoms with E-state index in [0.717, 1.165) is 5.56 Å². The summed E-state index contributed by atoms with van der Waals surface area (Å²) in [4.78, 5) is 11.6. The van der Waals surface area contributed by atoms with Crippen molar-refractivity contribution in [2.75, 3.05) is 13.2 Å². The Morgan fingerprint density at radius 3 is 2.40 bits per heavy atom. The Balaban J connectivity index is 2.53. The van der Waals surface area contributed by atoms with Crippen LogP contribution in [0.15, 0.2) is 30.3 Å². The molecule has 1 amide bonds. The molecule has 4 nitrogen and oxygen atoms in total. The van der Waals surface area contributed by atoms with Gasteiger partial charge in [-0.2, -0.15) is 0 Å². The summed E-state index contributed by atoms with van der Waals surface area (Å²) in [7, 11) is 0. The molecule has 0 aliphatic carbocycles. The standard InChI is InChI=1S/C16H25NO3/c1-12(13-8-6-5-7-9-13)14(11-18)10-17-15(19)20-16(2,3)4/h5-9,12,14,18H,10-11H2,1-4H3,(H,17,19). The van der Waals surface area contributed by atoms with Crippen LogP contribution in [0.5, 0.6) is 0 Å². The Hall–Kier alpha value is -1.55. The quantitative estimate of drug-likeness (QED) is 0.871. The van der Waals surface area contributed by atoms with Gasteiger partial charge in [-0.1, -0.05) is 37.3 Å². The number of amides is 1. The number of alkyl carbamates (subject to hydrolysis) is 1. The lowest BCUT2D eigenvalue weighted by atomic mass is 9.88. The number of carbonyl (C=O) groups excluding carboxylic acids is 1. The molecule has 20 heavy (non-hydrogen) atoms. The number of rotatable bonds is 5. The summed E-state index contributed by atoms with van der Waals surface area (Å²) in [6.45, 7) is 7.93. The lowest BCUT2D eigenvalue weighted by Crippen LogP contribution is -2.37. The van der Waals surface area contributed by atoms with Crippen LogP contribution >= 0.6 is 0 Å². The van der Waals surface area contributed by atoms with E-state index in [1.165, 1.54) is 0 Å². The molecule has 1 aromatic rings. The predicted molar refractivity (Wildman–Crippen MR) is 79.7 cm³/mol. The van der Waals surface area contributed by atoms with Crippen molar-refractivity contribution in [2.45, 2.75) is 39.2 Å². The molecule has 0 fully saturated rings. The Kier molecular flexibility index (Phi) is 6.02. The molecule has 0 saturated heterocycles. The molecule has 4 heteroatoms. The van der Waals surface area contributed by atoms with Gasteiger partial charge in [-0.3, -0.25) is 0 Å². The first-order chi connectivity index (χ1) is 9.33. The van der Waals surface area contributed by atoms with Gasteiger partial charge in [0.05, 0.1) is 0 Å². The molecule has 0 aliphatic rings. The maximum Gasteiger partial charge on any atom is 0.407 e. The molecule has 0 radical (unpaired) electrons. The minimum Gasteiger partial charge on any atom is -0.444 e. The molecular formula is C16H25NO3. The number of carbonyl (C=O) groups is 1. The Bertz CT molecular complexity index is 411. The maximum atomic E-state index is 11.6. The second kappa shape index (κ2) is 7.29. The van der Waals surface area contributed by atoms with Crippen molar-refractivity contribution in [3.63, 3.8) is 0 Å². The van der Waals surface area contributed by atoms with Gasteiger partial charge in [-0.25, -0.2) is 4.79 Å². The van der Waals surface area contributed by atoms with Gasteiger partial charge in [0, 0.05) is 19.1 Å². The first kappa shape index (κ1) is 16.5. The van der Waals surface area contributed by atoms with Crippen LogP contribution in [0.25, 0.3) is 0 Å². The van der Waals surface area contributed by atoms with Crippen LogP contribution in [0.3, 0.4) is 0 Å². The molecule has 0 spiro atoms. The van der Waals surface area contributed by atoms with Crippen molar-refractivity contribution < 1.29 is 14.6 Å². The second-order valence-corrected chi connectivity index (χ2v) is 6.02. The summed E-state index contributed by atoms with van der Waals surface area (Å²) >= 11 is 0. The number of nitrogens with one attached hydrogen (secondary N) is 1. The van der Waals surface area contributed by atoms with Crippen molar-refractivity contribution in [3.8, 4) is 0 Å². The van der Waals surface area contributed by atoms with Crippen LogP contribution in [0.4, 0.5) is 4.79 Å². The van der Waals surface area contributed by atoms with Gasteiger partial charge in [0.2, 0.25) is 0 Å². The van der Waals surface area contributed by atoms with E-state index < -0.39 is 11.7 Å². The van der Waals surface area contributed by atoms with Crippen LogP contribution < -0.4 is 5.32 Å². The monoisotopic (exact) mass is 279 g/mol. The highest BCUT2D eigenvalue weighted by Gasteiger charge is 2.21. The van der Waals surface area contributed by atoms with Gasteiger partial charge in [0.25, 0.3) is 0 Å². The number of benzene rings is 1. The van der Waals surface area contributed by atoms with Crippen LogP contribution in [0, 0.1) is 5.92 Å². The number of ether oxygens (including phenoxy) is 1. The number of aliphatic hydroxyl groups is 1. The summed E-state index contributed by atoms with van der Waals surface area (Å²) in [6, 6.07) is 9.97. The molecule has 1 rings (SSSR count). The molecule has 112 valence electrons. The van der Waals surface area contributed by atoms with Gasteiger partial charge in [-0.15, -0.1) is 0 Å². The zero-order valence-electron chi connectivity index (χ0n) is 12.7. The third kappa shape index (κ3) is 5.61. The van der Waals surface area contributed by atoms with Gasteiger partial charge >= 0.3 is 6.09 Å². The minimum absolute atomic E-state index is 0.0197. The normalized spacial score (nSPS) is 14.4. The SMILES string of the molecule is CC(c1ccccc1)C(CO)CNC(=O)OC(C)(C)C. The predicted octanol–water partition coefficient (Wildman–Crippen LogP) is 2.92. The van der Waals surface area contributed by atoms with Crippen molar-refractivity contribution >= 4 is 6.09 Å². The molecule has 0 aromatic heterocycles. The van der Waals surface area contributed by atoms with Gasteiger partial charge < -0.3 is 15.2 Å². The van der Waals surface area contributed by atoms with E-state index in [2.05, 4.69) is 5.32 Å². The Labute approximate surface area is 121 Å². The van der Waals surface area contributed by atoms with Crippen LogP contribution in [0.2, 0.25) is 0 Å². The van der Waals surface area contributed by atoms with Crippen LogP contribution in [-0.4, -0.2) is 30.0 Å². The van der Waals surface area contributed by atoms with E-state index in [0.29, 0.717) is 6.54 Å². The summed E-state index contributed by atoms with van der Waals surface area (Å²) in [5, 5.41) is 12.2. The summed E-state index contributed by atoms with van der Waals surface area (Å²) in [5.74, 6) is 0.126.